The average molecular weight is 464 g/mol. The van der Waals surface area contributed by atoms with Gasteiger partial charge in [0.15, 0.2) is 17.3 Å². The molecule has 2 rings (SSSR count). The van der Waals surface area contributed by atoms with E-state index in [1.807, 2.05) is 6.92 Å². The number of carbonyl (C=O) groups is 2. The number of Topliss-reactive ketones (excluding diaryl/α,β-unsaturated/α-hetero) is 1. The number of nitrogens with zero attached hydrogens (tertiary/aromatic N) is 3. The number of halogens is 1. The molecule has 0 N–H and O–H groups in total. The Morgan fingerprint density at radius 1 is 0.969 bits per heavy atom. The fourth-order valence-electron chi connectivity index (χ4n) is 2.73. The zero-order chi connectivity index (χ0) is 23.7. The first-order chi connectivity index (χ1) is 15.4. The van der Waals surface area contributed by atoms with Crippen molar-refractivity contribution in [2.45, 2.75) is 26.8 Å². The van der Waals surface area contributed by atoms with Gasteiger partial charge in [0.2, 0.25) is 6.04 Å². The SMILES string of the molecule is CCOc1ccc(N(Cl)C(=O)C(N=Nc2ccc(OC)c(OC)c2)C(C)=O)c(OCC)c1. The molecular weight excluding hydrogens is 438 g/mol. The highest BCUT2D eigenvalue weighted by molar-refractivity contribution is 6.39. The topological polar surface area (TPSA) is 99.0 Å². The normalized spacial score (nSPS) is 11.7. The van der Waals surface area contributed by atoms with Gasteiger partial charge >= 0.3 is 0 Å². The summed E-state index contributed by atoms with van der Waals surface area (Å²) in [6.45, 7) is 5.70. The molecule has 10 heteroatoms. The van der Waals surface area contributed by atoms with E-state index in [9.17, 15) is 9.59 Å². The molecule has 1 unspecified atom stereocenters. The van der Waals surface area contributed by atoms with Crippen LogP contribution >= 0.6 is 11.8 Å². The van der Waals surface area contributed by atoms with Crippen LogP contribution in [0.5, 0.6) is 23.0 Å². The monoisotopic (exact) mass is 463 g/mol. The third-order valence-electron chi connectivity index (χ3n) is 4.22. The lowest BCUT2D eigenvalue weighted by Crippen LogP contribution is -2.36. The van der Waals surface area contributed by atoms with Gasteiger partial charge in [-0.1, -0.05) is 0 Å². The summed E-state index contributed by atoms with van der Waals surface area (Å²) in [5.74, 6) is 0.553. The summed E-state index contributed by atoms with van der Waals surface area (Å²) in [6, 6.07) is 8.23. The van der Waals surface area contributed by atoms with Gasteiger partial charge in [-0.15, -0.1) is 0 Å². The van der Waals surface area contributed by atoms with Crippen LogP contribution in [0.3, 0.4) is 0 Å². The Morgan fingerprint density at radius 3 is 2.25 bits per heavy atom. The Labute approximate surface area is 192 Å². The van der Waals surface area contributed by atoms with Gasteiger partial charge in [-0.3, -0.25) is 9.59 Å². The van der Waals surface area contributed by atoms with E-state index >= 15 is 0 Å². The summed E-state index contributed by atoms with van der Waals surface area (Å²) < 4.78 is 22.3. The number of hydrogen-bond donors (Lipinski definition) is 0. The summed E-state index contributed by atoms with van der Waals surface area (Å²) in [5, 5.41) is 7.95. The van der Waals surface area contributed by atoms with Gasteiger partial charge in [-0.25, -0.2) is 4.42 Å². The summed E-state index contributed by atoms with van der Waals surface area (Å²) in [4.78, 5) is 25.1. The Morgan fingerprint density at radius 2 is 1.66 bits per heavy atom. The predicted octanol–water partition coefficient (Wildman–Crippen LogP) is 4.73. The van der Waals surface area contributed by atoms with Gasteiger partial charge in [0.25, 0.3) is 5.91 Å². The zero-order valence-corrected chi connectivity index (χ0v) is 19.4. The van der Waals surface area contributed by atoms with E-state index in [-0.39, 0.29) is 5.69 Å². The predicted molar refractivity (Wildman–Crippen MR) is 121 cm³/mol. The Kier molecular flexibility index (Phi) is 9.27. The smallest absolute Gasteiger partial charge is 0.276 e. The minimum atomic E-state index is -1.44. The minimum absolute atomic E-state index is 0.259. The van der Waals surface area contributed by atoms with E-state index < -0.39 is 17.7 Å². The van der Waals surface area contributed by atoms with E-state index in [2.05, 4.69) is 10.2 Å². The molecule has 0 aliphatic rings. The third-order valence-corrected chi connectivity index (χ3v) is 4.57. The van der Waals surface area contributed by atoms with Crippen molar-refractivity contribution in [2.24, 2.45) is 10.2 Å². The highest BCUT2D eigenvalue weighted by Crippen LogP contribution is 2.35. The maximum Gasteiger partial charge on any atom is 0.276 e. The van der Waals surface area contributed by atoms with Crippen LogP contribution in [-0.4, -0.2) is 45.2 Å². The van der Waals surface area contributed by atoms with Gasteiger partial charge in [0.1, 0.15) is 17.2 Å². The number of rotatable bonds is 11. The van der Waals surface area contributed by atoms with Crippen LogP contribution < -0.4 is 23.4 Å². The summed E-state index contributed by atoms with van der Waals surface area (Å²) >= 11 is 6.31. The Hall–Kier alpha value is -3.33. The number of ketones is 1. The molecule has 0 spiro atoms. The highest BCUT2D eigenvalue weighted by atomic mass is 35.5. The van der Waals surface area contributed by atoms with E-state index in [4.69, 9.17) is 30.7 Å². The summed E-state index contributed by atoms with van der Waals surface area (Å²) in [5.41, 5.74) is 0.633. The molecule has 0 aliphatic heterocycles. The van der Waals surface area contributed by atoms with Crippen LogP contribution in [0.25, 0.3) is 0 Å². The van der Waals surface area contributed by atoms with Gasteiger partial charge in [0.05, 0.1) is 33.1 Å². The second-order valence-electron chi connectivity index (χ2n) is 6.38. The average Bonchev–Trinajstić information content (AvgIpc) is 2.78. The van der Waals surface area contributed by atoms with Crippen LogP contribution in [0.4, 0.5) is 11.4 Å². The fraction of sp³-hybridized carbons (Fsp3) is 0.364. The van der Waals surface area contributed by atoms with Gasteiger partial charge in [-0.2, -0.15) is 10.2 Å². The van der Waals surface area contributed by atoms with Crippen molar-refractivity contribution >= 4 is 34.8 Å². The molecule has 0 saturated carbocycles. The first-order valence-electron chi connectivity index (χ1n) is 9.88. The van der Waals surface area contributed by atoms with Crippen molar-refractivity contribution in [3.63, 3.8) is 0 Å². The number of ether oxygens (including phenoxy) is 4. The summed E-state index contributed by atoms with van der Waals surface area (Å²) in [6.07, 6.45) is 0. The first-order valence-corrected chi connectivity index (χ1v) is 10.2. The zero-order valence-electron chi connectivity index (χ0n) is 18.6. The van der Waals surface area contributed by atoms with Crippen molar-refractivity contribution in [1.82, 2.24) is 0 Å². The lowest BCUT2D eigenvalue weighted by molar-refractivity contribution is -0.126. The second kappa shape index (κ2) is 11.9. The standard InChI is InChI=1S/C22H26ClN3O6/c1-6-31-16-9-10-17(19(13-16)32-7-2)26(23)22(28)21(14(3)27)25-24-15-8-11-18(29-4)20(12-15)30-5/h8-13,21H,6-7H2,1-5H3. The minimum Gasteiger partial charge on any atom is -0.494 e. The summed E-state index contributed by atoms with van der Waals surface area (Å²) in [7, 11) is 2.99. The number of benzene rings is 2. The molecule has 1 atom stereocenters. The van der Waals surface area contributed by atoms with Crippen molar-refractivity contribution in [2.75, 3.05) is 31.9 Å². The number of carbonyl (C=O) groups excluding carboxylic acids is 2. The van der Waals surface area contributed by atoms with Crippen molar-refractivity contribution in [3.05, 3.63) is 36.4 Å². The van der Waals surface area contributed by atoms with Crippen molar-refractivity contribution in [3.8, 4) is 23.0 Å². The molecule has 9 nitrogen and oxygen atoms in total. The molecule has 0 fully saturated rings. The van der Waals surface area contributed by atoms with Crippen LogP contribution in [-0.2, 0) is 9.59 Å². The number of azo groups is 1. The molecular formula is C22H26ClN3O6. The highest BCUT2D eigenvalue weighted by Gasteiger charge is 2.30. The maximum atomic E-state index is 13.0. The van der Waals surface area contributed by atoms with E-state index in [0.29, 0.717) is 41.9 Å². The number of methoxy groups -OCH3 is 2. The molecule has 172 valence electrons. The van der Waals surface area contributed by atoms with Crippen LogP contribution in [0, 0.1) is 0 Å². The maximum absolute atomic E-state index is 13.0. The molecule has 32 heavy (non-hydrogen) atoms. The van der Waals surface area contributed by atoms with Gasteiger partial charge in [-0.05, 0) is 45.0 Å². The Balaban J connectivity index is 2.31. The molecule has 0 heterocycles. The molecule has 1 amide bonds. The molecule has 0 aliphatic carbocycles. The molecule has 0 bridgehead atoms. The van der Waals surface area contributed by atoms with Gasteiger partial charge in [0, 0.05) is 23.9 Å². The first kappa shape index (κ1) is 24.9. The van der Waals surface area contributed by atoms with Crippen LogP contribution in [0.1, 0.15) is 20.8 Å². The lowest BCUT2D eigenvalue weighted by Gasteiger charge is -2.20. The fourth-order valence-corrected chi connectivity index (χ4v) is 2.96. The quantitative estimate of drug-likeness (QED) is 0.271. The van der Waals surface area contributed by atoms with Crippen LogP contribution in [0.15, 0.2) is 46.6 Å². The Bertz CT molecular complexity index is 982. The van der Waals surface area contributed by atoms with E-state index in [1.54, 1.807) is 43.3 Å². The molecule has 2 aromatic carbocycles. The number of hydrogen-bond acceptors (Lipinski definition) is 8. The lowest BCUT2D eigenvalue weighted by atomic mass is 10.2. The molecule has 2 aromatic rings. The van der Waals surface area contributed by atoms with Crippen LogP contribution in [0.2, 0.25) is 0 Å². The molecule has 0 saturated heterocycles. The number of anilines is 1. The van der Waals surface area contributed by atoms with Gasteiger partial charge < -0.3 is 18.9 Å². The number of amides is 1. The molecule has 0 aromatic heterocycles. The van der Waals surface area contributed by atoms with Crippen molar-refractivity contribution in [1.29, 1.82) is 0 Å². The second-order valence-corrected chi connectivity index (χ2v) is 6.72. The van der Waals surface area contributed by atoms with Crippen molar-refractivity contribution < 1.29 is 28.5 Å². The van der Waals surface area contributed by atoms with E-state index in [0.717, 1.165) is 4.42 Å². The van der Waals surface area contributed by atoms with E-state index in [1.165, 1.54) is 21.1 Å². The molecule has 0 radical (unpaired) electrons. The third kappa shape index (κ3) is 6.10. The largest absolute Gasteiger partial charge is 0.494 e.